The van der Waals surface area contributed by atoms with Gasteiger partial charge in [0.15, 0.2) is 0 Å². The van der Waals surface area contributed by atoms with E-state index in [0.717, 1.165) is 4.83 Å². The third-order valence-electron chi connectivity index (χ3n) is 3.10. The van der Waals surface area contributed by atoms with Crippen LogP contribution >= 0.6 is 11.3 Å². The lowest BCUT2D eigenvalue weighted by Crippen LogP contribution is -2.10. The quantitative estimate of drug-likeness (QED) is 0.553. The summed E-state index contributed by atoms with van der Waals surface area (Å²) in [6.07, 6.45) is 2.01. The second-order valence-electron chi connectivity index (χ2n) is 5.42. The second-order valence-corrected chi connectivity index (χ2v) is 6.46. The molecular weight excluding hydrogens is 226 g/mol. The van der Waals surface area contributed by atoms with Crippen LogP contribution in [0.1, 0.15) is 26.3 Å². The number of thiophene rings is 1. The summed E-state index contributed by atoms with van der Waals surface area (Å²) in [6.45, 7) is 6.68. The van der Waals surface area contributed by atoms with Crippen molar-refractivity contribution in [2.45, 2.75) is 26.2 Å². The van der Waals surface area contributed by atoms with Crippen LogP contribution in [-0.4, -0.2) is 4.98 Å². The SMILES string of the molecule is CC(C)(C)c1cnc2sc3ccccc3c2c1. The highest BCUT2D eigenvalue weighted by Crippen LogP contribution is 2.34. The molecule has 0 bridgehead atoms. The minimum Gasteiger partial charge on any atom is -0.245 e. The molecule has 17 heavy (non-hydrogen) atoms. The Morgan fingerprint density at radius 1 is 1.06 bits per heavy atom. The van der Waals surface area contributed by atoms with Gasteiger partial charge in [-0.2, -0.15) is 0 Å². The van der Waals surface area contributed by atoms with Gasteiger partial charge in [0.05, 0.1) is 0 Å². The number of fused-ring (bicyclic) bond motifs is 3. The number of hydrogen-bond donors (Lipinski definition) is 0. The molecule has 0 aliphatic heterocycles. The number of benzene rings is 1. The van der Waals surface area contributed by atoms with Gasteiger partial charge in [0, 0.05) is 21.7 Å². The molecule has 1 aromatic carbocycles. The van der Waals surface area contributed by atoms with Crippen molar-refractivity contribution in [1.29, 1.82) is 0 Å². The predicted molar refractivity (Wildman–Crippen MR) is 75.8 cm³/mol. The molecule has 2 aromatic heterocycles. The summed E-state index contributed by atoms with van der Waals surface area (Å²) in [4.78, 5) is 5.74. The van der Waals surface area contributed by atoms with Crippen molar-refractivity contribution < 1.29 is 0 Å². The highest BCUT2D eigenvalue weighted by Gasteiger charge is 2.15. The van der Waals surface area contributed by atoms with Crippen LogP contribution in [0.4, 0.5) is 0 Å². The Morgan fingerprint density at radius 2 is 1.82 bits per heavy atom. The maximum Gasteiger partial charge on any atom is 0.124 e. The molecule has 86 valence electrons. The van der Waals surface area contributed by atoms with Crippen LogP contribution in [0.2, 0.25) is 0 Å². The summed E-state index contributed by atoms with van der Waals surface area (Å²) in [5.74, 6) is 0. The Kier molecular flexibility index (Phi) is 2.23. The molecule has 0 aliphatic rings. The summed E-state index contributed by atoms with van der Waals surface area (Å²) in [6, 6.07) is 10.8. The van der Waals surface area contributed by atoms with Crippen molar-refractivity contribution in [2.24, 2.45) is 0 Å². The molecule has 0 saturated carbocycles. The van der Waals surface area contributed by atoms with Crippen LogP contribution in [0.25, 0.3) is 20.3 Å². The van der Waals surface area contributed by atoms with Crippen molar-refractivity contribution in [3.63, 3.8) is 0 Å². The topological polar surface area (TPSA) is 12.9 Å². The van der Waals surface area contributed by atoms with Gasteiger partial charge in [-0.15, -0.1) is 11.3 Å². The van der Waals surface area contributed by atoms with Gasteiger partial charge in [-0.05, 0) is 23.1 Å². The average molecular weight is 241 g/mol. The third kappa shape index (κ3) is 1.73. The van der Waals surface area contributed by atoms with Crippen molar-refractivity contribution in [2.75, 3.05) is 0 Å². The molecule has 2 heteroatoms. The Bertz CT molecular complexity index is 689. The second kappa shape index (κ2) is 3.54. The Labute approximate surface area is 105 Å². The molecule has 0 radical (unpaired) electrons. The summed E-state index contributed by atoms with van der Waals surface area (Å²) >= 11 is 1.77. The zero-order valence-electron chi connectivity index (χ0n) is 10.3. The normalized spacial score (nSPS) is 12.4. The van der Waals surface area contributed by atoms with Crippen molar-refractivity contribution in [3.8, 4) is 0 Å². The van der Waals surface area contributed by atoms with Crippen molar-refractivity contribution in [1.82, 2.24) is 4.98 Å². The number of rotatable bonds is 0. The lowest BCUT2D eigenvalue weighted by molar-refractivity contribution is 0.589. The largest absolute Gasteiger partial charge is 0.245 e. The van der Waals surface area contributed by atoms with Crippen LogP contribution in [0.3, 0.4) is 0 Å². The number of hydrogen-bond acceptors (Lipinski definition) is 2. The van der Waals surface area contributed by atoms with Gasteiger partial charge in [0.25, 0.3) is 0 Å². The van der Waals surface area contributed by atoms with E-state index in [1.54, 1.807) is 11.3 Å². The highest BCUT2D eigenvalue weighted by molar-refractivity contribution is 7.25. The van der Waals surface area contributed by atoms with E-state index in [1.807, 2.05) is 6.20 Å². The minimum absolute atomic E-state index is 0.157. The molecule has 0 spiro atoms. The van der Waals surface area contributed by atoms with Gasteiger partial charge in [-0.3, -0.25) is 0 Å². The molecule has 0 unspecified atom stereocenters. The maximum absolute atomic E-state index is 4.60. The Hall–Kier alpha value is -1.41. The van der Waals surface area contributed by atoms with Crippen LogP contribution in [0.15, 0.2) is 36.5 Å². The first-order chi connectivity index (χ1) is 8.05. The van der Waals surface area contributed by atoms with E-state index in [-0.39, 0.29) is 5.41 Å². The molecule has 3 rings (SSSR count). The zero-order chi connectivity index (χ0) is 12.0. The molecular formula is C15H15NS. The molecule has 0 N–H and O–H groups in total. The van der Waals surface area contributed by atoms with Gasteiger partial charge < -0.3 is 0 Å². The van der Waals surface area contributed by atoms with Gasteiger partial charge >= 0.3 is 0 Å². The lowest BCUT2D eigenvalue weighted by Gasteiger charge is -2.18. The number of pyridine rings is 1. The average Bonchev–Trinajstić information content (AvgIpc) is 2.65. The maximum atomic E-state index is 4.60. The Balaban J connectivity index is 2.38. The van der Waals surface area contributed by atoms with Gasteiger partial charge in [-0.25, -0.2) is 4.98 Å². The van der Waals surface area contributed by atoms with E-state index in [0.29, 0.717) is 0 Å². The molecule has 3 aromatic rings. The molecule has 0 amide bonds. The molecule has 0 aliphatic carbocycles. The first kappa shape index (κ1) is 10.7. The fourth-order valence-electron chi connectivity index (χ4n) is 2.02. The van der Waals surface area contributed by atoms with E-state index in [1.165, 1.54) is 21.0 Å². The van der Waals surface area contributed by atoms with Crippen molar-refractivity contribution >= 4 is 31.6 Å². The summed E-state index contributed by atoms with van der Waals surface area (Å²) in [5, 5.41) is 2.61. The summed E-state index contributed by atoms with van der Waals surface area (Å²) in [5.41, 5.74) is 1.46. The van der Waals surface area contributed by atoms with Crippen LogP contribution in [-0.2, 0) is 5.41 Å². The molecule has 0 fully saturated rings. The first-order valence-corrected chi connectivity index (χ1v) is 6.65. The van der Waals surface area contributed by atoms with Gasteiger partial charge in [-0.1, -0.05) is 39.0 Å². The fraction of sp³-hybridized carbons (Fsp3) is 0.267. The first-order valence-electron chi connectivity index (χ1n) is 5.83. The van der Waals surface area contributed by atoms with E-state index in [4.69, 9.17) is 0 Å². The van der Waals surface area contributed by atoms with E-state index >= 15 is 0 Å². The fourth-order valence-corrected chi connectivity index (χ4v) is 3.05. The van der Waals surface area contributed by atoms with Crippen LogP contribution < -0.4 is 0 Å². The smallest absolute Gasteiger partial charge is 0.124 e. The van der Waals surface area contributed by atoms with Crippen molar-refractivity contribution in [3.05, 3.63) is 42.1 Å². The van der Waals surface area contributed by atoms with E-state index in [2.05, 4.69) is 56.1 Å². The van der Waals surface area contributed by atoms with Crippen LogP contribution in [0, 0.1) is 0 Å². The van der Waals surface area contributed by atoms with E-state index in [9.17, 15) is 0 Å². The number of aromatic nitrogens is 1. The molecule has 2 heterocycles. The Morgan fingerprint density at radius 3 is 2.59 bits per heavy atom. The molecule has 0 saturated heterocycles. The van der Waals surface area contributed by atoms with Gasteiger partial charge in [0.2, 0.25) is 0 Å². The minimum atomic E-state index is 0.157. The number of nitrogens with zero attached hydrogens (tertiary/aromatic N) is 1. The highest BCUT2D eigenvalue weighted by atomic mass is 32.1. The van der Waals surface area contributed by atoms with E-state index < -0.39 is 0 Å². The third-order valence-corrected chi connectivity index (χ3v) is 4.20. The van der Waals surface area contributed by atoms with Gasteiger partial charge in [0.1, 0.15) is 4.83 Å². The zero-order valence-corrected chi connectivity index (χ0v) is 11.1. The molecule has 1 nitrogen and oxygen atoms in total. The monoisotopic (exact) mass is 241 g/mol. The lowest BCUT2D eigenvalue weighted by atomic mass is 9.88. The molecule has 0 atom stereocenters. The summed E-state index contributed by atoms with van der Waals surface area (Å²) < 4.78 is 1.32. The standard InChI is InChI=1S/C15H15NS/c1-15(2,3)10-8-12-11-6-4-5-7-13(11)17-14(12)16-9-10/h4-9H,1-3H3. The predicted octanol–water partition coefficient (Wildman–Crippen LogP) is 4.75. The van der Waals surface area contributed by atoms with Crippen LogP contribution in [0.5, 0.6) is 0 Å². The summed E-state index contributed by atoms with van der Waals surface area (Å²) in [7, 11) is 0.